The van der Waals surface area contributed by atoms with Crippen molar-refractivity contribution in [3.05, 3.63) is 12.7 Å². The lowest BCUT2D eigenvalue weighted by atomic mass is 10.5. The lowest BCUT2D eigenvalue weighted by molar-refractivity contribution is -0.138. The monoisotopic (exact) mass is 246 g/mol. The maximum atomic E-state index is 10.7. The summed E-state index contributed by atoms with van der Waals surface area (Å²) in [5.74, 6) is -0.399. The van der Waals surface area contributed by atoms with E-state index in [-0.39, 0.29) is 0 Å². The van der Waals surface area contributed by atoms with Gasteiger partial charge in [0.2, 0.25) is 0 Å². The summed E-state index contributed by atoms with van der Waals surface area (Å²) in [6.07, 6.45) is 1.82. The van der Waals surface area contributed by atoms with Crippen molar-refractivity contribution in [3.63, 3.8) is 0 Å². The van der Waals surface area contributed by atoms with Gasteiger partial charge in [0.1, 0.15) is 0 Å². The Morgan fingerprint density at radius 1 is 1.00 bits per heavy atom. The summed E-state index contributed by atoms with van der Waals surface area (Å²) in [5.41, 5.74) is 0. The summed E-state index contributed by atoms with van der Waals surface area (Å²) in [4.78, 5) is 10.7. The van der Waals surface area contributed by atoms with Crippen molar-refractivity contribution < 1.29 is 23.7 Å². The van der Waals surface area contributed by atoms with Gasteiger partial charge in [-0.2, -0.15) is 0 Å². The quantitative estimate of drug-likeness (QED) is 0.294. The first-order valence-corrected chi connectivity index (χ1v) is 5.83. The predicted molar refractivity (Wildman–Crippen MR) is 63.9 cm³/mol. The number of hydrogen-bond donors (Lipinski definition) is 0. The maximum absolute atomic E-state index is 10.7. The van der Waals surface area contributed by atoms with Gasteiger partial charge in [0, 0.05) is 25.7 Å². The van der Waals surface area contributed by atoms with Gasteiger partial charge in [0.25, 0.3) is 0 Å². The maximum Gasteiger partial charge on any atom is 0.330 e. The fourth-order valence-corrected chi connectivity index (χ4v) is 0.977. The van der Waals surface area contributed by atoms with Crippen LogP contribution < -0.4 is 0 Å². The largest absolute Gasteiger partial charge is 0.462 e. The van der Waals surface area contributed by atoms with Crippen molar-refractivity contribution >= 4 is 5.97 Å². The average molecular weight is 246 g/mol. The number of ether oxygens (including phenoxy) is 4. The smallest absolute Gasteiger partial charge is 0.330 e. The molecule has 0 aromatic rings. The highest BCUT2D eigenvalue weighted by molar-refractivity contribution is 5.81. The summed E-state index contributed by atoms with van der Waals surface area (Å²) in [5, 5.41) is 0. The number of carbonyl (C=O) groups excluding carboxylic acids is 1. The van der Waals surface area contributed by atoms with Crippen LogP contribution in [0.2, 0.25) is 0 Å². The second kappa shape index (κ2) is 13.2. The highest BCUT2D eigenvalue weighted by Crippen LogP contribution is 1.87. The zero-order chi connectivity index (χ0) is 12.8. The molecule has 0 bridgehead atoms. The first-order chi connectivity index (χ1) is 8.31. The summed E-state index contributed by atoms with van der Waals surface area (Å²) in [6, 6.07) is 0. The summed E-state index contributed by atoms with van der Waals surface area (Å²) in [7, 11) is 0. The van der Waals surface area contributed by atoms with E-state index in [1.807, 2.05) is 6.92 Å². The molecule has 0 saturated heterocycles. The van der Waals surface area contributed by atoms with E-state index in [0.29, 0.717) is 52.7 Å². The van der Waals surface area contributed by atoms with Crippen LogP contribution in [0.4, 0.5) is 0 Å². The number of esters is 1. The molecule has 0 aromatic heterocycles. The van der Waals surface area contributed by atoms with E-state index in [0.717, 1.165) is 6.08 Å². The van der Waals surface area contributed by atoms with Crippen LogP contribution >= 0.6 is 0 Å². The lowest BCUT2D eigenvalue weighted by Crippen LogP contribution is -2.11. The minimum Gasteiger partial charge on any atom is -0.462 e. The molecule has 0 aromatic carbocycles. The molecule has 0 fully saturated rings. The van der Waals surface area contributed by atoms with Crippen LogP contribution in [-0.4, -0.2) is 52.2 Å². The topological polar surface area (TPSA) is 54.0 Å². The minimum atomic E-state index is -0.399. The first kappa shape index (κ1) is 16.1. The van der Waals surface area contributed by atoms with Gasteiger partial charge in [-0.1, -0.05) is 6.58 Å². The van der Waals surface area contributed by atoms with E-state index in [9.17, 15) is 4.79 Å². The summed E-state index contributed by atoms with van der Waals surface area (Å²) < 4.78 is 20.4. The van der Waals surface area contributed by atoms with Crippen molar-refractivity contribution in [1.29, 1.82) is 0 Å². The standard InChI is InChI=1S/C12H22O5/c1-3-12(13)17-7-5-6-15-10-11-16-9-8-14-4-2/h3H,1,4-11H2,2H3. The van der Waals surface area contributed by atoms with Gasteiger partial charge in [-0.3, -0.25) is 0 Å². The number of rotatable bonds is 12. The molecule has 100 valence electrons. The Hall–Kier alpha value is -0.910. The Morgan fingerprint density at radius 2 is 1.59 bits per heavy atom. The van der Waals surface area contributed by atoms with Gasteiger partial charge in [-0.15, -0.1) is 0 Å². The Kier molecular flexibility index (Phi) is 12.5. The van der Waals surface area contributed by atoms with Crippen LogP contribution in [0.1, 0.15) is 13.3 Å². The zero-order valence-electron chi connectivity index (χ0n) is 10.5. The van der Waals surface area contributed by atoms with E-state index in [1.165, 1.54) is 0 Å². The van der Waals surface area contributed by atoms with Crippen LogP contribution in [0.5, 0.6) is 0 Å². The molecule has 5 nitrogen and oxygen atoms in total. The summed E-state index contributed by atoms with van der Waals surface area (Å²) in [6.45, 7) is 9.18. The highest BCUT2D eigenvalue weighted by atomic mass is 16.5. The molecule has 0 aliphatic heterocycles. The molecule has 0 atom stereocenters. The van der Waals surface area contributed by atoms with Crippen molar-refractivity contribution in [2.45, 2.75) is 13.3 Å². The van der Waals surface area contributed by atoms with Crippen LogP contribution in [-0.2, 0) is 23.7 Å². The van der Waals surface area contributed by atoms with Crippen molar-refractivity contribution in [1.82, 2.24) is 0 Å². The summed E-state index contributed by atoms with van der Waals surface area (Å²) >= 11 is 0. The third-order valence-electron chi connectivity index (χ3n) is 1.79. The van der Waals surface area contributed by atoms with E-state index in [4.69, 9.17) is 18.9 Å². The van der Waals surface area contributed by atoms with Gasteiger partial charge in [-0.05, 0) is 6.92 Å². The third-order valence-corrected chi connectivity index (χ3v) is 1.79. The van der Waals surface area contributed by atoms with Gasteiger partial charge in [0.05, 0.1) is 33.0 Å². The third kappa shape index (κ3) is 13.0. The molecule has 0 saturated carbocycles. The normalized spacial score (nSPS) is 10.2. The molecule has 0 rings (SSSR count). The second-order valence-electron chi connectivity index (χ2n) is 3.15. The molecule has 5 heteroatoms. The molecule has 0 spiro atoms. The van der Waals surface area contributed by atoms with E-state index in [2.05, 4.69) is 6.58 Å². The Balaban J connectivity index is 2.98. The SMILES string of the molecule is C=CC(=O)OCCCOCCOCCOCC. The van der Waals surface area contributed by atoms with E-state index < -0.39 is 5.97 Å². The van der Waals surface area contributed by atoms with Crippen molar-refractivity contribution in [2.24, 2.45) is 0 Å². The minimum absolute atomic E-state index is 0.357. The fourth-order valence-electron chi connectivity index (χ4n) is 0.977. The van der Waals surface area contributed by atoms with Gasteiger partial charge in [0.15, 0.2) is 0 Å². The molecule has 0 amide bonds. The predicted octanol–water partition coefficient (Wildman–Crippen LogP) is 1.18. The van der Waals surface area contributed by atoms with Crippen LogP contribution in [0.15, 0.2) is 12.7 Å². The lowest BCUT2D eigenvalue weighted by Gasteiger charge is -2.06. The zero-order valence-corrected chi connectivity index (χ0v) is 10.5. The van der Waals surface area contributed by atoms with Crippen LogP contribution in [0, 0.1) is 0 Å². The number of carbonyl (C=O) groups is 1. The molecule has 0 radical (unpaired) electrons. The van der Waals surface area contributed by atoms with E-state index >= 15 is 0 Å². The molecule has 0 unspecified atom stereocenters. The molecule has 0 aliphatic rings. The Morgan fingerprint density at radius 3 is 2.18 bits per heavy atom. The number of hydrogen-bond acceptors (Lipinski definition) is 5. The van der Waals surface area contributed by atoms with Gasteiger partial charge in [-0.25, -0.2) is 4.79 Å². The molecule has 0 heterocycles. The first-order valence-electron chi connectivity index (χ1n) is 5.83. The van der Waals surface area contributed by atoms with E-state index in [1.54, 1.807) is 0 Å². The molecular weight excluding hydrogens is 224 g/mol. The van der Waals surface area contributed by atoms with Gasteiger partial charge >= 0.3 is 5.97 Å². The molecule has 0 N–H and O–H groups in total. The highest BCUT2D eigenvalue weighted by Gasteiger charge is 1.95. The second-order valence-corrected chi connectivity index (χ2v) is 3.15. The van der Waals surface area contributed by atoms with Gasteiger partial charge < -0.3 is 18.9 Å². The van der Waals surface area contributed by atoms with Crippen molar-refractivity contribution in [3.8, 4) is 0 Å². The molecular formula is C12H22O5. The Labute approximate surface area is 103 Å². The van der Waals surface area contributed by atoms with Crippen molar-refractivity contribution in [2.75, 3.05) is 46.2 Å². The Bertz CT molecular complexity index is 193. The average Bonchev–Trinajstić information content (AvgIpc) is 2.35. The van der Waals surface area contributed by atoms with Crippen LogP contribution in [0.25, 0.3) is 0 Å². The fraction of sp³-hybridized carbons (Fsp3) is 0.750. The molecule has 0 aliphatic carbocycles. The van der Waals surface area contributed by atoms with Crippen LogP contribution in [0.3, 0.4) is 0 Å². The molecule has 17 heavy (non-hydrogen) atoms.